The van der Waals surface area contributed by atoms with Crippen LogP contribution in [0.3, 0.4) is 0 Å². The molecule has 0 aliphatic heterocycles. The zero-order chi connectivity index (χ0) is 27.6. The van der Waals surface area contributed by atoms with E-state index in [1.807, 2.05) is 0 Å². The molecule has 1 aromatic heterocycles. The first-order valence-corrected chi connectivity index (χ1v) is 12.2. The van der Waals surface area contributed by atoms with Gasteiger partial charge >= 0.3 is 12.4 Å². The van der Waals surface area contributed by atoms with E-state index in [0.29, 0.717) is 17.7 Å². The van der Waals surface area contributed by atoms with Gasteiger partial charge in [0.1, 0.15) is 6.61 Å². The molecule has 37 heavy (non-hydrogen) atoms. The number of carbonyl (C=O) groups excluding carboxylic acids is 1. The van der Waals surface area contributed by atoms with Crippen LogP contribution in [0.1, 0.15) is 32.9 Å². The number of benzene rings is 2. The highest BCUT2D eigenvalue weighted by Crippen LogP contribution is 2.36. The van der Waals surface area contributed by atoms with Gasteiger partial charge < -0.3 is 4.90 Å². The Hall–Kier alpha value is -3.52. The van der Waals surface area contributed by atoms with E-state index in [1.165, 1.54) is 7.05 Å². The van der Waals surface area contributed by atoms with Crippen LogP contribution in [0.25, 0.3) is 11.3 Å². The highest BCUT2D eigenvalue weighted by atomic mass is 32.2. The fourth-order valence-electron chi connectivity index (χ4n) is 3.28. The summed E-state index contributed by atoms with van der Waals surface area (Å²) >= 11 is 0. The zero-order valence-corrected chi connectivity index (χ0v) is 20.1. The van der Waals surface area contributed by atoms with Crippen LogP contribution >= 0.6 is 0 Å². The molecule has 1 amide bonds. The third kappa shape index (κ3) is 7.49. The Kier molecular flexibility index (Phi) is 7.93. The number of halogens is 6. The number of hydrogen-bond donors (Lipinski definition) is 0. The highest BCUT2D eigenvalue weighted by Gasteiger charge is 2.37. The van der Waals surface area contributed by atoms with Crippen molar-refractivity contribution in [3.8, 4) is 11.3 Å². The van der Waals surface area contributed by atoms with Crippen molar-refractivity contribution >= 4 is 16.0 Å². The van der Waals surface area contributed by atoms with E-state index in [2.05, 4.69) is 14.2 Å². The van der Waals surface area contributed by atoms with Gasteiger partial charge in [-0.1, -0.05) is 30.3 Å². The van der Waals surface area contributed by atoms with Crippen LogP contribution in [-0.2, 0) is 39.8 Å². The summed E-state index contributed by atoms with van der Waals surface area (Å²) in [4.78, 5) is 22.3. The summed E-state index contributed by atoms with van der Waals surface area (Å²) in [6, 6.07) is 9.26. The molecule has 0 radical (unpaired) electrons. The first-order valence-electron chi connectivity index (χ1n) is 10.3. The molecule has 0 N–H and O–H groups in total. The molecule has 0 unspecified atom stereocenters. The van der Waals surface area contributed by atoms with Gasteiger partial charge in [-0.2, -0.15) is 34.8 Å². The van der Waals surface area contributed by atoms with Crippen LogP contribution in [0.5, 0.6) is 0 Å². The molecule has 1 heterocycles. The van der Waals surface area contributed by atoms with Crippen LogP contribution in [0.4, 0.5) is 26.3 Å². The van der Waals surface area contributed by atoms with Crippen LogP contribution in [-0.4, -0.2) is 42.5 Å². The molecule has 0 fully saturated rings. The van der Waals surface area contributed by atoms with E-state index in [9.17, 15) is 39.6 Å². The predicted octanol–water partition coefficient (Wildman–Crippen LogP) is 4.93. The van der Waals surface area contributed by atoms with Gasteiger partial charge in [-0.3, -0.25) is 8.98 Å². The fourth-order valence-corrected chi connectivity index (χ4v) is 3.60. The van der Waals surface area contributed by atoms with Crippen molar-refractivity contribution in [1.29, 1.82) is 0 Å². The van der Waals surface area contributed by atoms with Crippen LogP contribution in [0.15, 0.2) is 54.7 Å². The lowest BCUT2D eigenvalue weighted by Crippen LogP contribution is -2.28. The Bertz CT molecular complexity index is 1360. The van der Waals surface area contributed by atoms with Gasteiger partial charge in [-0.05, 0) is 23.8 Å². The number of carbonyl (C=O) groups is 1. The molecule has 3 aromatic rings. The largest absolute Gasteiger partial charge is 0.416 e. The highest BCUT2D eigenvalue weighted by molar-refractivity contribution is 7.85. The molecule has 0 aliphatic rings. The molecular formula is C23H19F6N3O4S. The topological polar surface area (TPSA) is 89.5 Å². The molecule has 0 spiro atoms. The standard InChI is InChI=1S/C23H19F6N3O4S/c1-32(12-14-8-16(22(24,25)26)10-17(9-14)23(27,28)29)21(33)18-11-30-19(13-36-37(2,34)35)31-20(18)15-6-4-3-5-7-15/h3-11H,12-13H2,1-2H3. The molecule has 2 aromatic carbocycles. The number of hydrogen-bond acceptors (Lipinski definition) is 6. The van der Waals surface area contributed by atoms with Gasteiger partial charge in [0.2, 0.25) is 0 Å². The Morgan fingerprint density at radius 2 is 1.54 bits per heavy atom. The van der Waals surface area contributed by atoms with Crippen molar-refractivity contribution in [3.05, 3.63) is 82.8 Å². The Labute approximate surface area is 207 Å². The first-order chi connectivity index (χ1) is 17.0. The second kappa shape index (κ2) is 10.5. The predicted molar refractivity (Wildman–Crippen MR) is 119 cm³/mol. The fraction of sp³-hybridized carbons (Fsp3) is 0.261. The SMILES string of the molecule is CN(Cc1cc(C(F)(F)F)cc(C(F)(F)F)c1)C(=O)c1cnc(COS(C)(=O)=O)nc1-c1ccccc1. The summed E-state index contributed by atoms with van der Waals surface area (Å²) in [5.74, 6) is -0.864. The van der Waals surface area contributed by atoms with E-state index in [1.54, 1.807) is 30.3 Å². The van der Waals surface area contributed by atoms with Gasteiger partial charge in [0.15, 0.2) is 5.82 Å². The molecule has 3 rings (SSSR count). The van der Waals surface area contributed by atoms with Crippen molar-refractivity contribution < 1.29 is 43.7 Å². The second-order valence-corrected chi connectivity index (χ2v) is 9.60. The molecule has 0 bridgehead atoms. The number of alkyl halides is 6. The van der Waals surface area contributed by atoms with Crippen molar-refractivity contribution in [2.45, 2.75) is 25.5 Å². The molecule has 0 atom stereocenters. The first kappa shape index (κ1) is 28.1. The number of amides is 1. The summed E-state index contributed by atoms with van der Waals surface area (Å²) in [7, 11) is -2.62. The maximum absolute atomic E-state index is 13.2. The minimum absolute atomic E-state index is 0.00394. The maximum atomic E-state index is 13.2. The quantitative estimate of drug-likeness (QED) is 0.308. The van der Waals surface area contributed by atoms with Crippen molar-refractivity contribution in [3.63, 3.8) is 0 Å². The Morgan fingerprint density at radius 1 is 0.973 bits per heavy atom. The smallest absolute Gasteiger partial charge is 0.337 e. The number of rotatable bonds is 7. The average Bonchev–Trinajstić information content (AvgIpc) is 2.81. The monoisotopic (exact) mass is 547 g/mol. The van der Waals surface area contributed by atoms with E-state index >= 15 is 0 Å². The number of nitrogens with zero attached hydrogens (tertiary/aromatic N) is 3. The zero-order valence-electron chi connectivity index (χ0n) is 19.3. The summed E-state index contributed by atoms with van der Waals surface area (Å²) in [6.45, 7) is -1.10. The van der Waals surface area contributed by atoms with Crippen molar-refractivity contribution in [2.75, 3.05) is 13.3 Å². The average molecular weight is 547 g/mol. The van der Waals surface area contributed by atoms with Gasteiger partial charge in [-0.25, -0.2) is 9.97 Å². The minimum atomic E-state index is -5.03. The normalized spacial score (nSPS) is 12.4. The maximum Gasteiger partial charge on any atom is 0.416 e. The summed E-state index contributed by atoms with van der Waals surface area (Å²) < 4.78 is 106. The van der Waals surface area contributed by atoms with Crippen LogP contribution in [0.2, 0.25) is 0 Å². The minimum Gasteiger partial charge on any atom is -0.337 e. The van der Waals surface area contributed by atoms with E-state index in [-0.39, 0.29) is 23.1 Å². The van der Waals surface area contributed by atoms with Crippen molar-refractivity contribution in [2.24, 2.45) is 0 Å². The van der Waals surface area contributed by atoms with E-state index in [4.69, 9.17) is 0 Å². The molecule has 0 aliphatic carbocycles. The third-order valence-corrected chi connectivity index (χ3v) is 5.48. The van der Waals surface area contributed by atoms with Crippen LogP contribution in [0, 0.1) is 0 Å². The lowest BCUT2D eigenvalue weighted by atomic mass is 10.0. The molecule has 0 saturated heterocycles. The molecule has 198 valence electrons. The van der Waals surface area contributed by atoms with Gasteiger partial charge in [0.25, 0.3) is 16.0 Å². The van der Waals surface area contributed by atoms with E-state index in [0.717, 1.165) is 17.4 Å². The summed E-state index contributed by atoms with van der Waals surface area (Å²) in [6.07, 6.45) is -8.15. The molecular weight excluding hydrogens is 528 g/mol. The van der Waals surface area contributed by atoms with Crippen LogP contribution < -0.4 is 0 Å². The van der Waals surface area contributed by atoms with Gasteiger partial charge in [0.05, 0.1) is 28.6 Å². The lowest BCUT2D eigenvalue weighted by molar-refractivity contribution is -0.143. The van der Waals surface area contributed by atoms with Crippen molar-refractivity contribution in [1.82, 2.24) is 14.9 Å². The van der Waals surface area contributed by atoms with Gasteiger partial charge in [-0.15, -0.1) is 0 Å². The Morgan fingerprint density at radius 3 is 2.05 bits per heavy atom. The molecule has 0 saturated carbocycles. The third-order valence-electron chi connectivity index (χ3n) is 4.93. The summed E-state index contributed by atoms with van der Waals surface area (Å²) in [5.41, 5.74) is -3.00. The summed E-state index contributed by atoms with van der Waals surface area (Å²) in [5, 5.41) is 0. The van der Waals surface area contributed by atoms with Gasteiger partial charge in [0, 0.05) is 25.4 Å². The lowest BCUT2D eigenvalue weighted by Gasteiger charge is -2.21. The second-order valence-electron chi connectivity index (χ2n) is 7.96. The number of aromatic nitrogens is 2. The molecule has 7 nitrogen and oxygen atoms in total. The Balaban J connectivity index is 1.98. The molecule has 14 heteroatoms. The van der Waals surface area contributed by atoms with E-state index < -0.39 is 58.2 Å².